The van der Waals surface area contributed by atoms with Gasteiger partial charge >= 0.3 is 5.97 Å². The number of halogens is 2. The predicted molar refractivity (Wildman–Crippen MR) is 84.6 cm³/mol. The molecule has 0 aliphatic carbocycles. The van der Waals surface area contributed by atoms with Crippen LogP contribution in [0.2, 0.25) is 10.0 Å². The second-order valence-corrected chi connectivity index (χ2v) is 6.24. The fourth-order valence-corrected chi connectivity index (χ4v) is 2.35. The molecule has 0 bridgehead atoms. The molecule has 0 saturated heterocycles. The lowest BCUT2D eigenvalue weighted by Crippen LogP contribution is -2.07. The number of carbonyl (C=O) groups is 1. The summed E-state index contributed by atoms with van der Waals surface area (Å²) in [6.45, 7) is 4.46. The largest absolute Gasteiger partial charge is 0.425 e. The van der Waals surface area contributed by atoms with E-state index in [1.807, 2.05) is 0 Å². The van der Waals surface area contributed by atoms with Crippen molar-refractivity contribution < 1.29 is 9.53 Å². The number of esters is 1. The van der Waals surface area contributed by atoms with Gasteiger partial charge in [-0.15, -0.1) is 0 Å². The fourth-order valence-electron chi connectivity index (χ4n) is 1.91. The van der Waals surface area contributed by atoms with E-state index >= 15 is 0 Å². The Hall–Kier alpha value is -0.730. The summed E-state index contributed by atoms with van der Waals surface area (Å²) in [5, 5.41) is 0.891. The molecule has 1 aromatic carbocycles. The van der Waals surface area contributed by atoms with Gasteiger partial charge in [0.05, 0.1) is 5.02 Å². The third-order valence-corrected chi connectivity index (χ3v) is 3.56. The maximum absolute atomic E-state index is 11.7. The molecule has 4 heteroatoms. The summed E-state index contributed by atoms with van der Waals surface area (Å²) in [5.74, 6) is 0.894. The minimum absolute atomic E-state index is 0.238. The molecule has 1 rings (SSSR count). The number of carbonyl (C=O) groups excluding carboxylic acids is 1. The maximum atomic E-state index is 11.7. The van der Waals surface area contributed by atoms with Crippen molar-refractivity contribution in [3.63, 3.8) is 0 Å². The van der Waals surface area contributed by atoms with Crippen LogP contribution in [0.3, 0.4) is 0 Å². The zero-order valence-electron chi connectivity index (χ0n) is 12.1. The van der Waals surface area contributed by atoms with E-state index in [-0.39, 0.29) is 5.97 Å². The van der Waals surface area contributed by atoms with Crippen molar-refractivity contribution in [1.29, 1.82) is 0 Å². The van der Waals surface area contributed by atoms with Gasteiger partial charge < -0.3 is 4.74 Å². The molecule has 2 nitrogen and oxygen atoms in total. The van der Waals surface area contributed by atoms with Gasteiger partial charge in [-0.25, -0.2) is 0 Å². The highest BCUT2D eigenvalue weighted by Crippen LogP contribution is 2.27. The van der Waals surface area contributed by atoms with Crippen LogP contribution in [0.15, 0.2) is 18.2 Å². The van der Waals surface area contributed by atoms with Crippen LogP contribution in [0.5, 0.6) is 5.75 Å². The first-order valence-electron chi connectivity index (χ1n) is 7.14. The second kappa shape index (κ2) is 9.25. The zero-order chi connectivity index (χ0) is 15.0. The van der Waals surface area contributed by atoms with E-state index < -0.39 is 0 Å². The van der Waals surface area contributed by atoms with Gasteiger partial charge in [0.15, 0.2) is 0 Å². The zero-order valence-corrected chi connectivity index (χ0v) is 13.6. The topological polar surface area (TPSA) is 26.3 Å². The Kier molecular flexibility index (Phi) is 8.01. The third kappa shape index (κ3) is 7.16. The van der Waals surface area contributed by atoms with Crippen LogP contribution < -0.4 is 4.74 Å². The molecule has 0 aliphatic rings. The number of hydrogen-bond donors (Lipinski definition) is 0. The first-order chi connectivity index (χ1) is 9.49. The SMILES string of the molecule is CC(C)CCCCCCC(=O)Oc1ccc(Cl)cc1Cl. The van der Waals surface area contributed by atoms with Crippen LogP contribution in [0.25, 0.3) is 0 Å². The van der Waals surface area contributed by atoms with Crippen LogP contribution in [-0.2, 0) is 4.79 Å². The van der Waals surface area contributed by atoms with Gasteiger partial charge in [0.25, 0.3) is 0 Å². The van der Waals surface area contributed by atoms with Gasteiger partial charge in [0.2, 0.25) is 0 Å². The Labute approximate surface area is 131 Å². The highest BCUT2D eigenvalue weighted by atomic mass is 35.5. The summed E-state index contributed by atoms with van der Waals surface area (Å²) in [4.78, 5) is 11.7. The fraction of sp³-hybridized carbons (Fsp3) is 0.562. The molecule has 0 spiro atoms. The number of ether oxygens (including phenoxy) is 1. The summed E-state index contributed by atoms with van der Waals surface area (Å²) in [6.07, 6.45) is 6.02. The van der Waals surface area contributed by atoms with Crippen LogP contribution in [-0.4, -0.2) is 5.97 Å². The molecule has 0 N–H and O–H groups in total. The molecule has 0 aliphatic heterocycles. The molecule has 0 amide bonds. The highest BCUT2D eigenvalue weighted by Gasteiger charge is 2.08. The molecule has 1 aromatic rings. The first kappa shape index (κ1) is 17.3. The molecule has 0 radical (unpaired) electrons. The monoisotopic (exact) mass is 316 g/mol. The van der Waals surface area contributed by atoms with Crippen molar-refractivity contribution in [3.05, 3.63) is 28.2 Å². The molecule has 0 atom stereocenters. The van der Waals surface area contributed by atoms with Crippen molar-refractivity contribution in [1.82, 2.24) is 0 Å². The van der Waals surface area contributed by atoms with E-state index in [4.69, 9.17) is 27.9 Å². The maximum Gasteiger partial charge on any atom is 0.311 e. The lowest BCUT2D eigenvalue weighted by molar-refractivity contribution is -0.134. The average molecular weight is 317 g/mol. The van der Waals surface area contributed by atoms with Crippen molar-refractivity contribution >= 4 is 29.2 Å². The smallest absolute Gasteiger partial charge is 0.311 e. The molecule has 20 heavy (non-hydrogen) atoms. The lowest BCUT2D eigenvalue weighted by atomic mass is 10.0. The lowest BCUT2D eigenvalue weighted by Gasteiger charge is -2.07. The van der Waals surface area contributed by atoms with Gasteiger partial charge in [0.1, 0.15) is 5.75 Å². The molecule has 0 unspecified atom stereocenters. The van der Waals surface area contributed by atoms with E-state index in [0.29, 0.717) is 22.2 Å². The van der Waals surface area contributed by atoms with E-state index in [9.17, 15) is 4.79 Å². The summed E-state index contributed by atoms with van der Waals surface area (Å²) < 4.78 is 5.22. The van der Waals surface area contributed by atoms with Crippen molar-refractivity contribution in [2.45, 2.75) is 52.4 Å². The molecule has 0 fully saturated rings. The average Bonchev–Trinajstić information content (AvgIpc) is 2.36. The van der Waals surface area contributed by atoms with Crippen LogP contribution in [0, 0.1) is 5.92 Å². The van der Waals surface area contributed by atoms with E-state index in [0.717, 1.165) is 18.8 Å². The quantitative estimate of drug-likeness (QED) is 0.339. The van der Waals surface area contributed by atoms with Gasteiger partial charge in [-0.3, -0.25) is 4.79 Å². The Morgan fingerprint density at radius 2 is 1.85 bits per heavy atom. The first-order valence-corrected chi connectivity index (χ1v) is 7.90. The molecule has 0 saturated carbocycles. The summed E-state index contributed by atoms with van der Waals surface area (Å²) >= 11 is 11.7. The van der Waals surface area contributed by atoms with Gasteiger partial charge in [-0.2, -0.15) is 0 Å². The highest BCUT2D eigenvalue weighted by molar-refractivity contribution is 6.35. The Balaban J connectivity index is 2.20. The number of benzene rings is 1. The van der Waals surface area contributed by atoms with E-state index in [1.165, 1.54) is 19.3 Å². The summed E-state index contributed by atoms with van der Waals surface area (Å²) in [7, 11) is 0. The Morgan fingerprint density at radius 3 is 2.50 bits per heavy atom. The van der Waals surface area contributed by atoms with Gasteiger partial charge in [-0.05, 0) is 30.5 Å². The number of hydrogen-bond acceptors (Lipinski definition) is 2. The van der Waals surface area contributed by atoms with Crippen molar-refractivity contribution in [3.8, 4) is 5.75 Å². The summed E-state index contributed by atoms with van der Waals surface area (Å²) in [6, 6.07) is 4.84. The number of unbranched alkanes of at least 4 members (excludes halogenated alkanes) is 3. The minimum atomic E-state index is -0.238. The molecule has 0 heterocycles. The van der Waals surface area contributed by atoms with Crippen molar-refractivity contribution in [2.75, 3.05) is 0 Å². The normalized spacial score (nSPS) is 10.8. The van der Waals surface area contributed by atoms with Crippen LogP contribution in [0.1, 0.15) is 52.4 Å². The number of rotatable bonds is 8. The minimum Gasteiger partial charge on any atom is -0.425 e. The molecule has 112 valence electrons. The summed E-state index contributed by atoms with van der Waals surface area (Å²) in [5.41, 5.74) is 0. The third-order valence-electron chi connectivity index (χ3n) is 3.03. The van der Waals surface area contributed by atoms with Gasteiger partial charge in [-0.1, -0.05) is 62.7 Å². The predicted octanol–water partition coefficient (Wildman–Crippen LogP) is 5.90. The molecule has 0 aromatic heterocycles. The molecular formula is C16H22Cl2O2. The van der Waals surface area contributed by atoms with Gasteiger partial charge in [0, 0.05) is 11.4 Å². The van der Waals surface area contributed by atoms with Crippen LogP contribution in [0.4, 0.5) is 0 Å². The van der Waals surface area contributed by atoms with E-state index in [1.54, 1.807) is 18.2 Å². The Morgan fingerprint density at radius 1 is 1.15 bits per heavy atom. The molecular weight excluding hydrogens is 295 g/mol. The van der Waals surface area contributed by atoms with Crippen LogP contribution >= 0.6 is 23.2 Å². The Bertz CT molecular complexity index is 430. The standard InChI is InChI=1S/C16H22Cl2O2/c1-12(2)7-5-3-4-6-8-16(19)20-15-10-9-13(17)11-14(15)18/h9-12H,3-8H2,1-2H3. The van der Waals surface area contributed by atoms with Crippen molar-refractivity contribution in [2.24, 2.45) is 5.92 Å². The van der Waals surface area contributed by atoms with E-state index in [2.05, 4.69) is 13.8 Å². The second-order valence-electron chi connectivity index (χ2n) is 5.40.